The summed E-state index contributed by atoms with van der Waals surface area (Å²) < 4.78 is 7.59. The number of hydrogen-bond acceptors (Lipinski definition) is 3. The van der Waals surface area contributed by atoms with Crippen molar-refractivity contribution in [3.05, 3.63) is 18.2 Å². The van der Waals surface area contributed by atoms with Crippen LogP contribution >= 0.6 is 0 Å². The van der Waals surface area contributed by atoms with Gasteiger partial charge in [-0.2, -0.15) is 0 Å². The highest BCUT2D eigenvalue weighted by Gasteiger charge is 2.31. The van der Waals surface area contributed by atoms with Crippen molar-refractivity contribution in [2.45, 2.75) is 51.4 Å². The molecule has 0 saturated heterocycles. The summed E-state index contributed by atoms with van der Waals surface area (Å²) in [4.78, 5) is 4.24. The van der Waals surface area contributed by atoms with Crippen molar-refractivity contribution in [1.82, 2.24) is 14.9 Å². The zero-order valence-corrected chi connectivity index (χ0v) is 10.3. The first-order valence-corrected chi connectivity index (χ1v) is 5.97. The van der Waals surface area contributed by atoms with Crippen molar-refractivity contribution in [2.75, 3.05) is 7.11 Å². The predicted octanol–water partition coefficient (Wildman–Crippen LogP) is 1.73. The van der Waals surface area contributed by atoms with Crippen LogP contribution in [0.2, 0.25) is 0 Å². The standard InChI is InChI=1S/C12H21N3O/c1-9(2)14-7-11-6-13-8-15(11)10-4-12(5-10)16-3/h6,8-10,12,14H,4-5,7H2,1-3H3. The Balaban J connectivity index is 1.92. The van der Waals surface area contributed by atoms with E-state index in [0.717, 1.165) is 19.4 Å². The van der Waals surface area contributed by atoms with Crippen molar-refractivity contribution in [3.63, 3.8) is 0 Å². The van der Waals surface area contributed by atoms with Gasteiger partial charge in [0.15, 0.2) is 0 Å². The first kappa shape index (κ1) is 11.6. The van der Waals surface area contributed by atoms with Crippen molar-refractivity contribution in [2.24, 2.45) is 0 Å². The van der Waals surface area contributed by atoms with Gasteiger partial charge in [-0.05, 0) is 12.8 Å². The average molecular weight is 223 g/mol. The summed E-state index contributed by atoms with van der Waals surface area (Å²) >= 11 is 0. The lowest BCUT2D eigenvalue weighted by molar-refractivity contribution is 0.00534. The van der Waals surface area contributed by atoms with E-state index in [0.29, 0.717) is 18.2 Å². The smallest absolute Gasteiger partial charge is 0.0951 e. The summed E-state index contributed by atoms with van der Waals surface area (Å²) in [5.41, 5.74) is 1.27. The van der Waals surface area contributed by atoms with E-state index in [2.05, 4.69) is 28.7 Å². The Morgan fingerprint density at radius 1 is 1.56 bits per heavy atom. The fourth-order valence-electron chi connectivity index (χ4n) is 2.06. The second kappa shape index (κ2) is 4.97. The molecule has 0 aromatic carbocycles. The van der Waals surface area contributed by atoms with Crippen LogP contribution in [0.25, 0.3) is 0 Å². The van der Waals surface area contributed by atoms with E-state index in [4.69, 9.17) is 4.74 Å². The van der Waals surface area contributed by atoms with Crippen LogP contribution < -0.4 is 5.32 Å². The van der Waals surface area contributed by atoms with E-state index in [9.17, 15) is 0 Å². The fourth-order valence-corrected chi connectivity index (χ4v) is 2.06. The Morgan fingerprint density at radius 2 is 2.31 bits per heavy atom. The maximum Gasteiger partial charge on any atom is 0.0951 e. The number of ether oxygens (including phenoxy) is 1. The van der Waals surface area contributed by atoms with Crippen molar-refractivity contribution in [1.29, 1.82) is 0 Å². The number of methoxy groups -OCH3 is 1. The fraction of sp³-hybridized carbons (Fsp3) is 0.750. The molecule has 0 spiro atoms. The molecular weight excluding hydrogens is 202 g/mol. The van der Waals surface area contributed by atoms with Gasteiger partial charge in [0.1, 0.15) is 0 Å². The minimum atomic E-state index is 0.443. The molecule has 16 heavy (non-hydrogen) atoms. The molecule has 1 aliphatic carbocycles. The molecule has 2 rings (SSSR count). The molecule has 0 amide bonds. The Hall–Kier alpha value is -0.870. The first-order chi connectivity index (χ1) is 7.70. The van der Waals surface area contributed by atoms with E-state index < -0.39 is 0 Å². The maximum atomic E-state index is 5.30. The number of nitrogens with one attached hydrogen (secondary N) is 1. The van der Waals surface area contributed by atoms with Gasteiger partial charge in [-0.3, -0.25) is 0 Å². The molecule has 0 bridgehead atoms. The van der Waals surface area contributed by atoms with Gasteiger partial charge in [-0.15, -0.1) is 0 Å². The molecule has 1 aromatic rings. The Bertz CT molecular complexity index is 329. The van der Waals surface area contributed by atoms with Crippen LogP contribution in [0.3, 0.4) is 0 Å². The van der Waals surface area contributed by atoms with Gasteiger partial charge < -0.3 is 14.6 Å². The lowest BCUT2D eigenvalue weighted by Crippen LogP contribution is -2.34. The number of nitrogens with zero attached hydrogens (tertiary/aromatic N) is 2. The Labute approximate surface area is 97.0 Å². The predicted molar refractivity (Wildman–Crippen MR) is 63.3 cm³/mol. The molecule has 4 nitrogen and oxygen atoms in total. The third-order valence-electron chi connectivity index (χ3n) is 3.23. The van der Waals surface area contributed by atoms with Crippen LogP contribution in [0.5, 0.6) is 0 Å². The molecule has 90 valence electrons. The summed E-state index contributed by atoms with van der Waals surface area (Å²) in [6, 6.07) is 1.09. The highest BCUT2D eigenvalue weighted by Crippen LogP contribution is 2.34. The number of imidazole rings is 1. The van der Waals surface area contributed by atoms with Crippen LogP contribution in [-0.4, -0.2) is 28.8 Å². The van der Waals surface area contributed by atoms with E-state index in [1.54, 1.807) is 7.11 Å². The molecule has 0 aliphatic heterocycles. The van der Waals surface area contributed by atoms with Crippen molar-refractivity contribution >= 4 is 0 Å². The number of hydrogen-bond donors (Lipinski definition) is 1. The molecule has 1 fully saturated rings. The van der Waals surface area contributed by atoms with Gasteiger partial charge in [0.05, 0.1) is 18.1 Å². The van der Waals surface area contributed by atoms with E-state index in [1.165, 1.54) is 5.69 Å². The van der Waals surface area contributed by atoms with Crippen LogP contribution in [0.15, 0.2) is 12.5 Å². The number of rotatable bonds is 5. The summed E-state index contributed by atoms with van der Waals surface area (Å²) in [5, 5.41) is 3.42. The first-order valence-electron chi connectivity index (χ1n) is 5.97. The summed E-state index contributed by atoms with van der Waals surface area (Å²) in [6.07, 6.45) is 6.56. The van der Waals surface area contributed by atoms with E-state index >= 15 is 0 Å². The monoisotopic (exact) mass is 223 g/mol. The highest BCUT2D eigenvalue weighted by atomic mass is 16.5. The van der Waals surface area contributed by atoms with Crippen molar-refractivity contribution < 1.29 is 4.74 Å². The van der Waals surface area contributed by atoms with Gasteiger partial charge in [0.2, 0.25) is 0 Å². The molecule has 0 radical (unpaired) electrons. The van der Waals surface area contributed by atoms with Crippen LogP contribution in [0.1, 0.15) is 38.4 Å². The van der Waals surface area contributed by atoms with Crippen LogP contribution in [-0.2, 0) is 11.3 Å². The molecule has 1 N–H and O–H groups in total. The second-order valence-electron chi connectivity index (χ2n) is 4.81. The quantitative estimate of drug-likeness (QED) is 0.826. The zero-order valence-electron chi connectivity index (χ0n) is 10.3. The molecule has 0 unspecified atom stereocenters. The van der Waals surface area contributed by atoms with Gasteiger partial charge >= 0.3 is 0 Å². The molecule has 1 aliphatic rings. The van der Waals surface area contributed by atoms with Gasteiger partial charge in [-0.25, -0.2) is 4.98 Å². The average Bonchev–Trinajstić information content (AvgIpc) is 2.61. The van der Waals surface area contributed by atoms with E-state index in [1.807, 2.05) is 12.5 Å². The van der Waals surface area contributed by atoms with Crippen LogP contribution in [0.4, 0.5) is 0 Å². The van der Waals surface area contributed by atoms with Gasteiger partial charge in [0, 0.05) is 31.9 Å². The van der Waals surface area contributed by atoms with Gasteiger partial charge in [-0.1, -0.05) is 13.8 Å². The lowest BCUT2D eigenvalue weighted by atomic mass is 9.89. The molecule has 1 saturated carbocycles. The van der Waals surface area contributed by atoms with E-state index in [-0.39, 0.29) is 0 Å². The second-order valence-corrected chi connectivity index (χ2v) is 4.81. The summed E-state index contributed by atoms with van der Waals surface area (Å²) in [6.45, 7) is 5.21. The summed E-state index contributed by atoms with van der Waals surface area (Å²) in [5.74, 6) is 0. The SMILES string of the molecule is COC1CC(n2cncc2CNC(C)C)C1. The van der Waals surface area contributed by atoms with Crippen molar-refractivity contribution in [3.8, 4) is 0 Å². The molecule has 1 heterocycles. The summed E-state index contributed by atoms with van der Waals surface area (Å²) in [7, 11) is 1.79. The largest absolute Gasteiger partial charge is 0.381 e. The topological polar surface area (TPSA) is 39.1 Å². The van der Waals surface area contributed by atoms with Crippen LogP contribution in [0, 0.1) is 0 Å². The maximum absolute atomic E-state index is 5.30. The van der Waals surface area contributed by atoms with Gasteiger partial charge in [0.25, 0.3) is 0 Å². The molecular formula is C12H21N3O. The molecule has 1 aromatic heterocycles. The Kier molecular flexibility index (Phi) is 3.61. The number of aromatic nitrogens is 2. The third kappa shape index (κ3) is 2.44. The molecule has 4 heteroatoms. The highest BCUT2D eigenvalue weighted by molar-refractivity contribution is 5.03. The minimum absolute atomic E-state index is 0.443. The molecule has 0 atom stereocenters. The Morgan fingerprint density at radius 3 is 2.94 bits per heavy atom. The zero-order chi connectivity index (χ0) is 11.5. The minimum Gasteiger partial charge on any atom is -0.381 e. The third-order valence-corrected chi connectivity index (χ3v) is 3.23. The lowest BCUT2D eigenvalue weighted by Gasteiger charge is -2.36. The normalized spacial score (nSPS) is 24.8.